The molecule has 2 aromatic heterocycles. The third-order valence-corrected chi connectivity index (χ3v) is 2.65. The lowest BCUT2D eigenvalue weighted by Crippen LogP contribution is -1.84. The number of nitrogens with zero attached hydrogens (tertiary/aromatic N) is 2. The minimum Gasteiger partial charge on any atom is -0.469 e. The number of benzene rings is 1. The number of furan rings is 1. The Kier molecular flexibility index (Phi) is 2.37. The van der Waals surface area contributed by atoms with Gasteiger partial charge in [-0.1, -0.05) is 6.07 Å². The molecule has 1 aromatic carbocycles. The van der Waals surface area contributed by atoms with Gasteiger partial charge in [0.1, 0.15) is 5.76 Å². The topological polar surface area (TPSA) is 78.1 Å². The molecule has 5 heteroatoms. The molecule has 3 aromatic rings. The van der Waals surface area contributed by atoms with Gasteiger partial charge in [-0.2, -0.15) is 0 Å². The molecule has 0 fully saturated rings. The van der Waals surface area contributed by atoms with Gasteiger partial charge < -0.3 is 14.6 Å². The van der Waals surface area contributed by atoms with Crippen molar-refractivity contribution in [2.45, 2.75) is 6.92 Å². The van der Waals surface area contributed by atoms with E-state index >= 15 is 0 Å². The van der Waals surface area contributed by atoms with E-state index in [0.29, 0.717) is 17.5 Å². The number of hydrogen-bond donors (Lipinski definition) is 1. The third kappa shape index (κ3) is 1.75. The van der Waals surface area contributed by atoms with Crippen LogP contribution in [0, 0.1) is 6.92 Å². The fourth-order valence-electron chi connectivity index (χ4n) is 1.73. The monoisotopic (exact) mass is 241 g/mol. The van der Waals surface area contributed by atoms with Crippen LogP contribution in [0.5, 0.6) is 0 Å². The minimum absolute atomic E-state index is 0.443. The Hall–Kier alpha value is -2.56. The lowest BCUT2D eigenvalue weighted by Gasteiger charge is -1.96. The zero-order valence-corrected chi connectivity index (χ0v) is 9.75. The van der Waals surface area contributed by atoms with Gasteiger partial charge in [0.15, 0.2) is 0 Å². The number of aryl methyl sites for hydroxylation is 1. The first kappa shape index (κ1) is 10.6. The molecule has 0 radical (unpaired) electrons. The third-order valence-electron chi connectivity index (χ3n) is 2.65. The zero-order chi connectivity index (χ0) is 12.5. The molecule has 0 aliphatic carbocycles. The summed E-state index contributed by atoms with van der Waals surface area (Å²) in [6.45, 7) is 1.85. The van der Waals surface area contributed by atoms with E-state index in [4.69, 9.17) is 14.6 Å². The van der Waals surface area contributed by atoms with E-state index in [0.717, 1.165) is 16.9 Å². The van der Waals surface area contributed by atoms with Crippen LogP contribution in [0.3, 0.4) is 0 Å². The van der Waals surface area contributed by atoms with Crippen LogP contribution in [0.25, 0.3) is 22.9 Å². The van der Waals surface area contributed by atoms with E-state index in [1.807, 2.05) is 19.1 Å². The molecule has 90 valence electrons. The maximum atomic E-state index is 5.72. The summed E-state index contributed by atoms with van der Waals surface area (Å²) < 4.78 is 10.8. The highest BCUT2D eigenvalue weighted by molar-refractivity contribution is 5.62. The standard InChI is InChI=1S/C13H11N3O2/c1-8-11(5-6-17-8)13-16-15-12(18-13)9-3-2-4-10(14)7-9/h2-7H,14H2,1H3. The van der Waals surface area contributed by atoms with Crippen molar-refractivity contribution < 1.29 is 8.83 Å². The number of hydrogen-bond acceptors (Lipinski definition) is 5. The van der Waals surface area contributed by atoms with Crippen LogP contribution in [-0.4, -0.2) is 10.2 Å². The van der Waals surface area contributed by atoms with Crippen molar-refractivity contribution in [2.75, 3.05) is 5.73 Å². The zero-order valence-electron chi connectivity index (χ0n) is 9.75. The van der Waals surface area contributed by atoms with Crippen LogP contribution in [0.4, 0.5) is 5.69 Å². The van der Waals surface area contributed by atoms with Crippen LogP contribution in [0.2, 0.25) is 0 Å². The van der Waals surface area contributed by atoms with Crippen molar-refractivity contribution in [1.29, 1.82) is 0 Å². The summed E-state index contributed by atoms with van der Waals surface area (Å²) in [6, 6.07) is 9.11. The molecule has 3 rings (SSSR count). The van der Waals surface area contributed by atoms with Gasteiger partial charge in [0.25, 0.3) is 5.89 Å². The van der Waals surface area contributed by atoms with Gasteiger partial charge in [-0.3, -0.25) is 0 Å². The summed E-state index contributed by atoms with van der Waals surface area (Å²) in [5.41, 5.74) is 7.98. The molecule has 0 amide bonds. The van der Waals surface area contributed by atoms with E-state index in [1.54, 1.807) is 24.5 Å². The predicted molar refractivity (Wildman–Crippen MR) is 66.6 cm³/mol. The first-order valence-electron chi connectivity index (χ1n) is 5.48. The Balaban J connectivity index is 2.02. The van der Waals surface area contributed by atoms with Gasteiger partial charge in [0.05, 0.1) is 11.8 Å². The summed E-state index contributed by atoms with van der Waals surface area (Å²) >= 11 is 0. The largest absolute Gasteiger partial charge is 0.469 e. The summed E-state index contributed by atoms with van der Waals surface area (Å²) in [4.78, 5) is 0. The maximum absolute atomic E-state index is 5.72. The molecular weight excluding hydrogens is 230 g/mol. The Morgan fingerprint density at radius 3 is 2.67 bits per heavy atom. The lowest BCUT2D eigenvalue weighted by atomic mass is 10.2. The highest BCUT2D eigenvalue weighted by Crippen LogP contribution is 2.27. The van der Waals surface area contributed by atoms with Gasteiger partial charge in [-0.05, 0) is 31.2 Å². The van der Waals surface area contributed by atoms with Crippen molar-refractivity contribution >= 4 is 5.69 Å². The van der Waals surface area contributed by atoms with Crippen LogP contribution in [0.1, 0.15) is 5.76 Å². The lowest BCUT2D eigenvalue weighted by molar-refractivity contribution is 0.530. The smallest absolute Gasteiger partial charge is 0.251 e. The first-order valence-corrected chi connectivity index (χ1v) is 5.48. The summed E-state index contributed by atoms with van der Waals surface area (Å²) in [5, 5.41) is 8.02. The summed E-state index contributed by atoms with van der Waals surface area (Å²) in [5.74, 6) is 1.63. The van der Waals surface area contributed by atoms with Crippen molar-refractivity contribution in [3.05, 3.63) is 42.4 Å². The molecule has 18 heavy (non-hydrogen) atoms. The van der Waals surface area contributed by atoms with Crippen molar-refractivity contribution in [3.8, 4) is 22.9 Å². The summed E-state index contributed by atoms with van der Waals surface area (Å²) in [6.07, 6.45) is 1.59. The van der Waals surface area contributed by atoms with Crippen molar-refractivity contribution in [2.24, 2.45) is 0 Å². The Morgan fingerprint density at radius 1 is 1.11 bits per heavy atom. The van der Waals surface area contributed by atoms with Gasteiger partial charge in [0.2, 0.25) is 5.89 Å². The van der Waals surface area contributed by atoms with Crippen LogP contribution < -0.4 is 5.73 Å². The molecule has 0 saturated heterocycles. The number of nitrogens with two attached hydrogens (primary N) is 1. The van der Waals surface area contributed by atoms with E-state index in [9.17, 15) is 0 Å². The second-order valence-electron chi connectivity index (χ2n) is 3.93. The fraction of sp³-hybridized carbons (Fsp3) is 0.0769. The molecule has 2 heterocycles. The second-order valence-corrected chi connectivity index (χ2v) is 3.93. The minimum atomic E-state index is 0.443. The second kappa shape index (κ2) is 4.03. The highest BCUT2D eigenvalue weighted by atomic mass is 16.4. The number of aromatic nitrogens is 2. The molecular formula is C13H11N3O2. The average Bonchev–Trinajstić information content (AvgIpc) is 2.97. The van der Waals surface area contributed by atoms with Gasteiger partial charge >= 0.3 is 0 Å². The maximum Gasteiger partial charge on any atom is 0.251 e. The summed E-state index contributed by atoms with van der Waals surface area (Å²) in [7, 11) is 0. The van der Waals surface area contributed by atoms with Gasteiger partial charge in [0, 0.05) is 11.3 Å². The van der Waals surface area contributed by atoms with E-state index in [-0.39, 0.29) is 0 Å². The van der Waals surface area contributed by atoms with Crippen LogP contribution in [-0.2, 0) is 0 Å². The van der Waals surface area contributed by atoms with Crippen LogP contribution >= 0.6 is 0 Å². The van der Waals surface area contributed by atoms with Crippen molar-refractivity contribution in [3.63, 3.8) is 0 Å². The van der Waals surface area contributed by atoms with Crippen LogP contribution in [0.15, 0.2) is 45.4 Å². The quantitative estimate of drug-likeness (QED) is 0.698. The Labute approximate surface area is 103 Å². The van der Waals surface area contributed by atoms with E-state index < -0.39 is 0 Å². The first-order chi connectivity index (χ1) is 8.74. The number of anilines is 1. The van der Waals surface area contributed by atoms with E-state index in [1.165, 1.54) is 0 Å². The van der Waals surface area contributed by atoms with Gasteiger partial charge in [-0.15, -0.1) is 10.2 Å². The molecule has 0 aliphatic rings. The molecule has 0 saturated carbocycles. The molecule has 0 bridgehead atoms. The molecule has 0 spiro atoms. The van der Waals surface area contributed by atoms with E-state index in [2.05, 4.69) is 10.2 Å². The highest BCUT2D eigenvalue weighted by Gasteiger charge is 2.13. The number of nitrogen functional groups attached to an aromatic ring is 1. The van der Waals surface area contributed by atoms with Gasteiger partial charge in [-0.25, -0.2) is 0 Å². The predicted octanol–water partition coefficient (Wildman–Crippen LogP) is 2.89. The average molecular weight is 241 g/mol. The number of rotatable bonds is 2. The molecule has 5 nitrogen and oxygen atoms in total. The Morgan fingerprint density at radius 2 is 1.94 bits per heavy atom. The molecule has 0 unspecified atom stereocenters. The molecule has 0 aliphatic heterocycles. The van der Waals surface area contributed by atoms with Crippen molar-refractivity contribution in [1.82, 2.24) is 10.2 Å². The SMILES string of the molecule is Cc1occc1-c1nnc(-c2cccc(N)c2)o1. The normalized spacial score (nSPS) is 10.7. The fourth-order valence-corrected chi connectivity index (χ4v) is 1.73. The molecule has 2 N–H and O–H groups in total. The Bertz CT molecular complexity index is 685. The molecule has 0 atom stereocenters.